The highest BCUT2D eigenvalue weighted by Gasteiger charge is 2.14. The number of benzene rings is 7. The molecule has 0 aliphatic carbocycles. The number of rotatable bonds is 3. The maximum absolute atomic E-state index is 5.29. The van der Waals surface area contributed by atoms with Crippen LogP contribution in [0.5, 0.6) is 0 Å². The summed E-state index contributed by atoms with van der Waals surface area (Å²) in [7, 11) is 0. The van der Waals surface area contributed by atoms with E-state index in [-0.39, 0.29) is 0 Å². The van der Waals surface area contributed by atoms with Gasteiger partial charge in [-0.05, 0) is 63.0 Å². The zero-order valence-electron chi connectivity index (χ0n) is 25.3. The van der Waals surface area contributed by atoms with E-state index in [1.165, 1.54) is 52.8 Å². The molecule has 0 bridgehead atoms. The Morgan fingerprint density at radius 3 is 1.83 bits per heavy atom. The summed E-state index contributed by atoms with van der Waals surface area (Å²) in [5.41, 5.74) is 8.42. The summed E-state index contributed by atoms with van der Waals surface area (Å²) in [5, 5.41) is 9.84. The molecule has 0 N–H and O–H groups in total. The van der Waals surface area contributed by atoms with E-state index in [1.54, 1.807) is 0 Å². The van der Waals surface area contributed by atoms with E-state index in [9.17, 15) is 0 Å². The van der Waals surface area contributed by atoms with E-state index in [4.69, 9.17) is 9.97 Å². The summed E-state index contributed by atoms with van der Waals surface area (Å²) < 4.78 is 2.67. The molecular weight excluding hydrogens is 589 g/mol. The summed E-state index contributed by atoms with van der Waals surface area (Å²) >= 11 is 1.87. The number of fused-ring (bicyclic) bond motifs is 9. The van der Waals surface area contributed by atoms with Crippen LogP contribution in [0.2, 0.25) is 0 Å². The molecule has 0 saturated heterocycles. The lowest BCUT2D eigenvalue weighted by molar-refractivity contribution is 1.37. The maximum atomic E-state index is 5.29. The fraction of sp³-hybridized carbons (Fsp3) is 0. The molecule has 0 unspecified atom stereocenters. The highest BCUT2D eigenvalue weighted by molar-refractivity contribution is 7.26. The normalized spacial score (nSPS) is 11.8. The van der Waals surface area contributed by atoms with Crippen LogP contribution in [0, 0.1) is 0 Å². The van der Waals surface area contributed by atoms with Gasteiger partial charge in [-0.3, -0.25) is 0 Å². The van der Waals surface area contributed by atoms with Crippen LogP contribution >= 0.6 is 11.3 Å². The lowest BCUT2D eigenvalue weighted by Crippen LogP contribution is -1.92. The number of nitrogens with zero attached hydrogens (tertiary/aromatic N) is 2. The molecule has 0 radical (unpaired) electrons. The van der Waals surface area contributed by atoms with Gasteiger partial charge >= 0.3 is 0 Å². The van der Waals surface area contributed by atoms with Crippen LogP contribution in [0.3, 0.4) is 0 Å². The molecule has 218 valence electrons. The molecular formula is C44H26N2S. The van der Waals surface area contributed by atoms with Gasteiger partial charge in [0.05, 0.1) is 22.4 Å². The number of thiophene rings is 1. The van der Waals surface area contributed by atoms with Crippen molar-refractivity contribution in [3.63, 3.8) is 0 Å². The first kappa shape index (κ1) is 26.3. The van der Waals surface area contributed by atoms with E-state index in [0.717, 1.165) is 44.3 Å². The lowest BCUT2D eigenvalue weighted by Gasteiger charge is -2.13. The van der Waals surface area contributed by atoms with Gasteiger partial charge in [-0.2, -0.15) is 0 Å². The van der Waals surface area contributed by atoms with Gasteiger partial charge in [0.1, 0.15) is 0 Å². The SMILES string of the molecule is c1ccc(-c2ccc3ccc4ccc(-c5cccc6c(-c7ccc8c(ccc9sc%10ccccc%10c98)c7)cccc56)nc4c3n2)cc1. The molecule has 0 atom stereocenters. The van der Waals surface area contributed by atoms with Crippen molar-refractivity contribution < 1.29 is 0 Å². The van der Waals surface area contributed by atoms with E-state index in [0.29, 0.717) is 0 Å². The molecule has 10 rings (SSSR count). The highest BCUT2D eigenvalue weighted by Crippen LogP contribution is 2.41. The van der Waals surface area contributed by atoms with Crippen LogP contribution in [0.15, 0.2) is 158 Å². The van der Waals surface area contributed by atoms with Gasteiger partial charge in [-0.25, -0.2) is 9.97 Å². The monoisotopic (exact) mass is 614 g/mol. The standard InChI is InChI=1S/C44H26N2S/c1-2-8-27(9-3-1)38-23-19-28-16-17-29-20-24-39(46-44(29)43(28)45-38)36-14-7-12-34-32(11-6-13-35(34)36)30-18-22-33-31(26-30)21-25-41-42(33)37-10-4-5-15-40(37)47-41/h1-26H. The molecule has 0 spiro atoms. The fourth-order valence-electron chi connectivity index (χ4n) is 7.19. The van der Waals surface area contributed by atoms with Crippen molar-refractivity contribution in [2.75, 3.05) is 0 Å². The molecule has 0 saturated carbocycles. The second kappa shape index (κ2) is 10.3. The molecule has 7 aromatic carbocycles. The fourth-order valence-corrected chi connectivity index (χ4v) is 8.31. The predicted octanol–water partition coefficient (Wildman–Crippen LogP) is 12.5. The van der Waals surface area contributed by atoms with Crippen molar-refractivity contribution in [2.24, 2.45) is 0 Å². The first-order valence-electron chi connectivity index (χ1n) is 15.9. The summed E-state index contributed by atoms with van der Waals surface area (Å²) in [6.45, 7) is 0. The van der Waals surface area contributed by atoms with Crippen molar-refractivity contribution in [3.8, 4) is 33.6 Å². The van der Waals surface area contributed by atoms with Crippen molar-refractivity contribution in [2.45, 2.75) is 0 Å². The summed E-state index contributed by atoms with van der Waals surface area (Å²) in [4.78, 5) is 10.4. The largest absolute Gasteiger partial charge is 0.245 e. The van der Waals surface area contributed by atoms with E-state index >= 15 is 0 Å². The van der Waals surface area contributed by atoms with Gasteiger partial charge < -0.3 is 0 Å². The molecule has 3 heteroatoms. The Hall–Kier alpha value is -5.90. The van der Waals surface area contributed by atoms with Crippen LogP contribution in [0.4, 0.5) is 0 Å². The van der Waals surface area contributed by atoms with Gasteiger partial charge in [0.2, 0.25) is 0 Å². The summed E-state index contributed by atoms with van der Waals surface area (Å²) in [6, 6.07) is 56.6. The van der Waals surface area contributed by atoms with E-state index in [2.05, 4.69) is 152 Å². The number of aromatic nitrogens is 2. The van der Waals surface area contributed by atoms with Gasteiger partial charge in [0.15, 0.2) is 0 Å². The van der Waals surface area contributed by atoms with Gasteiger partial charge in [-0.15, -0.1) is 11.3 Å². The zero-order chi connectivity index (χ0) is 30.9. The molecule has 47 heavy (non-hydrogen) atoms. The minimum absolute atomic E-state index is 0.924. The predicted molar refractivity (Wildman–Crippen MR) is 201 cm³/mol. The van der Waals surface area contributed by atoms with Crippen molar-refractivity contribution in [1.82, 2.24) is 9.97 Å². The highest BCUT2D eigenvalue weighted by atomic mass is 32.1. The Morgan fingerprint density at radius 2 is 1.00 bits per heavy atom. The van der Waals surface area contributed by atoms with Gasteiger partial charge in [-0.1, -0.05) is 127 Å². The number of pyridine rings is 2. The first-order valence-corrected chi connectivity index (χ1v) is 16.7. The van der Waals surface area contributed by atoms with Crippen LogP contribution < -0.4 is 0 Å². The van der Waals surface area contributed by atoms with Crippen LogP contribution in [0.25, 0.3) is 97.2 Å². The first-order chi connectivity index (χ1) is 23.3. The molecule has 0 aliphatic heterocycles. The zero-order valence-corrected chi connectivity index (χ0v) is 26.1. The van der Waals surface area contributed by atoms with E-state index < -0.39 is 0 Å². The molecule has 3 aromatic heterocycles. The maximum Gasteiger partial charge on any atom is 0.0972 e. The summed E-state index contributed by atoms with van der Waals surface area (Å²) in [5.74, 6) is 0. The van der Waals surface area contributed by atoms with Crippen molar-refractivity contribution in [3.05, 3.63) is 158 Å². The summed E-state index contributed by atoms with van der Waals surface area (Å²) in [6.07, 6.45) is 0. The van der Waals surface area contributed by atoms with Gasteiger partial charge in [0, 0.05) is 42.1 Å². The average molecular weight is 615 g/mol. The van der Waals surface area contributed by atoms with Crippen LogP contribution in [-0.2, 0) is 0 Å². The number of hydrogen-bond acceptors (Lipinski definition) is 3. The number of hydrogen-bond donors (Lipinski definition) is 0. The topological polar surface area (TPSA) is 25.8 Å². The third-order valence-electron chi connectivity index (χ3n) is 9.46. The molecule has 0 aliphatic rings. The van der Waals surface area contributed by atoms with Crippen molar-refractivity contribution >= 4 is 74.9 Å². The lowest BCUT2D eigenvalue weighted by atomic mass is 9.92. The average Bonchev–Trinajstić information content (AvgIpc) is 3.53. The Labute approximate surface area is 275 Å². The van der Waals surface area contributed by atoms with Crippen molar-refractivity contribution in [1.29, 1.82) is 0 Å². The second-order valence-electron chi connectivity index (χ2n) is 12.1. The molecule has 2 nitrogen and oxygen atoms in total. The van der Waals surface area contributed by atoms with Gasteiger partial charge in [0.25, 0.3) is 0 Å². The Morgan fingerprint density at radius 1 is 0.362 bits per heavy atom. The molecule has 0 amide bonds. The second-order valence-corrected chi connectivity index (χ2v) is 13.2. The minimum Gasteiger partial charge on any atom is -0.245 e. The smallest absolute Gasteiger partial charge is 0.0972 e. The van der Waals surface area contributed by atoms with Crippen LogP contribution in [0.1, 0.15) is 0 Å². The Bertz CT molecular complexity index is 2850. The molecule has 3 heterocycles. The quantitative estimate of drug-likeness (QED) is 0.185. The molecule has 0 fully saturated rings. The molecule has 10 aromatic rings. The van der Waals surface area contributed by atoms with E-state index in [1.807, 2.05) is 17.4 Å². The Kier molecular flexibility index (Phi) is 5.78. The van der Waals surface area contributed by atoms with Crippen LogP contribution in [-0.4, -0.2) is 9.97 Å². The Balaban J connectivity index is 1.13. The minimum atomic E-state index is 0.924. The third-order valence-corrected chi connectivity index (χ3v) is 10.6. The third kappa shape index (κ3) is 4.17.